The van der Waals surface area contributed by atoms with Crippen molar-refractivity contribution in [3.05, 3.63) is 35.2 Å². The third kappa shape index (κ3) is 3.69. The van der Waals surface area contributed by atoms with Crippen LogP contribution in [0.15, 0.2) is 28.8 Å². The molecule has 180 valence electrons. The third-order valence-electron chi connectivity index (χ3n) is 7.30. The van der Waals surface area contributed by atoms with Gasteiger partial charge in [0.15, 0.2) is 5.82 Å². The molecule has 1 saturated carbocycles. The number of hydrogen-bond donors (Lipinski definition) is 1. The van der Waals surface area contributed by atoms with Crippen LogP contribution in [0.4, 0.5) is 5.82 Å². The summed E-state index contributed by atoms with van der Waals surface area (Å²) in [6.07, 6.45) is 5.61. The predicted molar refractivity (Wildman–Crippen MR) is 135 cm³/mol. The number of nitrogens with one attached hydrogen (secondary N) is 1. The van der Waals surface area contributed by atoms with Gasteiger partial charge < -0.3 is 14.6 Å². The lowest BCUT2D eigenvalue weighted by molar-refractivity contribution is 0.0985. The summed E-state index contributed by atoms with van der Waals surface area (Å²) in [5.41, 5.74) is 2.31. The number of H-pyrrole nitrogens is 1. The second-order valence-electron chi connectivity index (χ2n) is 9.80. The van der Waals surface area contributed by atoms with E-state index in [9.17, 15) is 4.21 Å². The van der Waals surface area contributed by atoms with Crippen molar-refractivity contribution in [1.29, 1.82) is 0 Å². The molecular formula is C24H29ClN6O2S. The molecular weight excluding hydrogens is 472 g/mol. The number of rotatable bonds is 4. The summed E-state index contributed by atoms with van der Waals surface area (Å²) >= 11 is 6.37. The van der Waals surface area contributed by atoms with Crippen molar-refractivity contribution >= 4 is 38.2 Å². The van der Waals surface area contributed by atoms with E-state index in [-0.39, 0.29) is 12.1 Å². The largest absolute Gasteiger partial charge is 0.377 e. The Kier molecular flexibility index (Phi) is 5.35. The SMILES string of the molecule is C[C@@H]1COCCN1c1cc([C@]2(C)CCCS2(=O)=NC2CC2)nc(-c2cc(Cl)nc3[nH]ccc23)n1. The van der Waals surface area contributed by atoms with Gasteiger partial charge in [-0.15, -0.1) is 0 Å². The summed E-state index contributed by atoms with van der Waals surface area (Å²) in [5, 5.41) is 1.28. The first-order valence-electron chi connectivity index (χ1n) is 12.0. The second-order valence-corrected chi connectivity index (χ2v) is 13.0. The molecule has 2 saturated heterocycles. The van der Waals surface area contributed by atoms with E-state index >= 15 is 0 Å². The number of morpholine rings is 1. The second kappa shape index (κ2) is 8.17. The zero-order chi connectivity index (χ0) is 23.5. The van der Waals surface area contributed by atoms with E-state index in [0.717, 1.165) is 54.7 Å². The number of ether oxygens (including phenoxy) is 1. The molecule has 1 aliphatic carbocycles. The van der Waals surface area contributed by atoms with E-state index in [1.54, 1.807) is 0 Å². The average Bonchev–Trinajstić information content (AvgIpc) is 3.40. The lowest BCUT2D eigenvalue weighted by atomic mass is 10.0. The lowest BCUT2D eigenvalue weighted by Gasteiger charge is -2.35. The van der Waals surface area contributed by atoms with Crippen LogP contribution in [0.25, 0.3) is 22.4 Å². The van der Waals surface area contributed by atoms with Gasteiger partial charge in [-0.05, 0) is 51.7 Å². The summed E-state index contributed by atoms with van der Waals surface area (Å²) in [6, 6.07) is 6.23. The number of pyridine rings is 1. The standard InChI is InChI=1S/C24H29ClN6O2S/c1-15-14-33-10-9-31(15)21-13-19(24(2)7-3-11-34(24,32)30-16-4-5-16)27-23(29-21)18-12-20(25)28-22-17(18)6-8-26-22/h6,8,12-13,15-16H,3-5,7,9-11,14H2,1-2H3,(H,26,28)/t15-,24+,34?/m1/s1. The number of anilines is 1. The van der Waals surface area contributed by atoms with Crippen LogP contribution in [-0.2, 0) is 19.2 Å². The normalized spacial score (nSPS) is 29.6. The van der Waals surface area contributed by atoms with E-state index in [0.29, 0.717) is 35.6 Å². The van der Waals surface area contributed by atoms with Gasteiger partial charge in [0.25, 0.3) is 0 Å². The maximum Gasteiger partial charge on any atom is 0.162 e. The van der Waals surface area contributed by atoms with Crippen LogP contribution in [0, 0.1) is 0 Å². The molecule has 6 rings (SSSR count). The molecule has 0 radical (unpaired) electrons. The minimum atomic E-state index is -2.44. The molecule has 0 spiro atoms. The van der Waals surface area contributed by atoms with Crippen LogP contribution in [0.3, 0.4) is 0 Å². The zero-order valence-electron chi connectivity index (χ0n) is 19.5. The fraction of sp³-hybridized carbons (Fsp3) is 0.542. The predicted octanol–water partition coefficient (Wildman–Crippen LogP) is 4.54. The smallest absolute Gasteiger partial charge is 0.162 e. The molecule has 1 N–H and O–H groups in total. The fourth-order valence-electron chi connectivity index (χ4n) is 5.10. The van der Waals surface area contributed by atoms with Crippen LogP contribution < -0.4 is 4.90 Å². The molecule has 0 amide bonds. The number of nitrogens with zero attached hydrogens (tertiary/aromatic N) is 5. The molecule has 3 aromatic rings. The van der Waals surface area contributed by atoms with Crippen LogP contribution in [0.5, 0.6) is 0 Å². The Morgan fingerprint density at radius 3 is 2.94 bits per heavy atom. The summed E-state index contributed by atoms with van der Waals surface area (Å²) in [6.45, 7) is 6.25. The van der Waals surface area contributed by atoms with E-state index < -0.39 is 14.5 Å². The van der Waals surface area contributed by atoms with Crippen LogP contribution in [0.1, 0.15) is 45.2 Å². The number of halogens is 1. The average molecular weight is 501 g/mol. The van der Waals surface area contributed by atoms with E-state index in [1.165, 1.54) is 0 Å². The molecule has 2 aliphatic heterocycles. The molecule has 0 bridgehead atoms. The Morgan fingerprint density at radius 2 is 2.15 bits per heavy atom. The number of aromatic nitrogens is 4. The third-order valence-corrected chi connectivity index (χ3v) is 10.8. The van der Waals surface area contributed by atoms with E-state index in [2.05, 4.69) is 28.7 Å². The first kappa shape index (κ1) is 22.2. The minimum Gasteiger partial charge on any atom is -0.377 e. The molecule has 3 aromatic heterocycles. The molecule has 3 aliphatic rings. The highest BCUT2D eigenvalue weighted by Gasteiger charge is 2.46. The Hall–Kier alpha value is -2.23. The summed E-state index contributed by atoms with van der Waals surface area (Å²) in [4.78, 5) is 19.9. The number of aromatic amines is 1. The Morgan fingerprint density at radius 1 is 1.29 bits per heavy atom. The maximum atomic E-state index is 14.2. The molecule has 8 nitrogen and oxygen atoms in total. The molecule has 34 heavy (non-hydrogen) atoms. The molecule has 1 unspecified atom stereocenters. The molecule has 0 aromatic carbocycles. The Labute approximate surface area is 204 Å². The fourth-order valence-corrected chi connectivity index (χ4v) is 8.21. The molecule has 3 fully saturated rings. The van der Waals surface area contributed by atoms with Crippen molar-refractivity contribution in [2.24, 2.45) is 4.36 Å². The molecule has 10 heteroatoms. The summed E-state index contributed by atoms with van der Waals surface area (Å²) in [7, 11) is -2.44. The van der Waals surface area contributed by atoms with E-state index in [1.807, 2.05) is 24.4 Å². The lowest BCUT2D eigenvalue weighted by Crippen LogP contribution is -2.44. The van der Waals surface area contributed by atoms with Gasteiger partial charge in [0.1, 0.15) is 16.6 Å². The monoisotopic (exact) mass is 500 g/mol. The van der Waals surface area contributed by atoms with Gasteiger partial charge in [-0.3, -0.25) is 0 Å². The zero-order valence-corrected chi connectivity index (χ0v) is 21.0. The highest BCUT2D eigenvalue weighted by atomic mass is 35.5. The van der Waals surface area contributed by atoms with Gasteiger partial charge in [-0.1, -0.05) is 11.6 Å². The first-order chi connectivity index (χ1) is 16.4. The van der Waals surface area contributed by atoms with Gasteiger partial charge in [-0.25, -0.2) is 23.5 Å². The highest BCUT2D eigenvalue weighted by Crippen LogP contribution is 2.45. The topological polar surface area (TPSA) is 96.4 Å². The first-order valence-corrected chi connectivity index (χ1v) is 14.0. The van der Waals surface area contributed by atoms with E-state index in [4.69, 9.17) is 30.7 Å². The van der Waals surface area contributed by atoms with Crippen LogP contribution >= 0.6 is 11.6 Å². The molecule has 5 heterocycles. The Bertz CT molecular complexity index is 1380. The Balaban J connectivity index is 1.57. The minimum absolute atomic E-state index is 0.176. The van der Waals surface area contributed by atoms with Crippen LogP contribution in [-0.4, -0.2) is 61.7 Å². The number of fused-ring (bicyclic) bond motifs is 1. The van der Waals surface area contributed by atoms with Gasteiger partial charge in [0.05, 0.1) is 45.5 Å². The molecule has 3 atom stereocenters. The quantitative estimate of drug-likeness (QED) is 0.528. The number of hydrogen-bond acceptors (Lipinski definition) is 7. The van der Waals surface area contributed by atoms with Crippen molar-refractivity contribution in [1.82, 2.24) is 19.9 Å². The van der Waals surface area contributed by atoms with Crippen molar-refractivity contribution < 1.29 is 8.95 Å². The highest BCUT2D eigenvalue weighted by molar-refractivity contribution is 7.94. The van der Waals surface area contributed by atoms with Gasteiger partial charge in [-0.2, -0.15) is 0 Å². The summed E-state index contributed by atoms with van der Waals surface area (Å²) in [5.74, 6) is 2.03. The van der Waals surface area contributed by atoms with Gasteiger partial charge >= 0.3 is 0 Å². The van der Waals surface area contributed by atoms with Crippen molar-refractivity contribution in [3.63, 3.8) is 0 Å². The summed E-state index contributed by atoms with van der Waals surface area (Å²) < 4.78 is 24.1. The van der Waals surface area contributed by atoms with Crippen molar-refractivity contribution in [2.75, 3.05) is 30.4 Å². The van der Waals surface area contributed by atoms with Crippen molar-refractivity contribution in [3.8, 4) is 11.4 Å². The van der Waals surface area contributed by atoms with Crippen molar-refractivity contribution in [2.45, 2.75) is 56.4 Å². The van der Waals surface area contributed by atoms with Gasteiger partial charge in [0.2, 0.25) is 0 Å². The van der Waals surface area contributed by atoms with Crippen LogP contribution in [0.2, 0.25) is 5.15 Å². The maximum absolute atomic E-state index is 14.2. The van der Waals surface area contributed by atoms with Gasteiger partial charge in [0, 0.05) is 35.5 Å².